The quantitative estimate of drug-likeness (QED) is 0.560. The molecule has 5 rings (SSSR count). The second kappa shape index (κ2) is 3.94. The van der Waals surface area contributed by atoms with Crippen molar-refractivity contribution in [3.63, 3.8) is 0 Å². The third-order valence-corrected chi connectivity index (χ3v) is 8.17. The Morgan fingerprint density at radius 2 is 1.96 bits per heavy atom. The number of rotatable bonds is 1. The van der Waals surface area contributed by atoms with Gasteiger partial charge in [0.25, 0.3) is 5.79 Å². The fraction of sp³-hybridized carbons (Fsp3) is 0.700. The summed E-state index contributed by atoms with van der Waals surface area (Å²) in [5.74, 6) is -3.73. The van der Waals surface area contributed by atoms with Gasteiger partial charge in [0.15, 0.2) is 0 Å². The first-order chi connectivity index (χ1) is 11.6. The van der Waals surface area contributed by atoms with Crippen LogP contribution < -0.4 is 0 Å². The molecule has 1 spiro atoms. The highest BCUT2D eigenvalue weighted by Gasteiger charge is 2.87. The van der Waals surface area contributed by atoms with Crippen molar-refractivity contribution in [2.24, 2.45) is 28.1 Å². The Morgan fingerprint density at radius 3 is 2.64 bits per heavy atom. The average molecular weight is 344 g/mol. The maximum Gasteiger partial charge on any atom is 0.315 e. The van der Waals surface area contributed by atoms with E-state index in [1.54, 1.807) is 19.1 Å². The van der Waals surface area contributed by atoms with Gasteiger partial charge in [-0.15, -0.1) is 6.58 Å². The van der Waals surface area contributed by atoms with Crippen molar-refractivity contribution >= 4 is 11.8 Å². The number of Topliss-reactive ketones (excluding diaryl/α,β-unsaturated/α-hetero) is 1. The highest BCUT2D eigenvalue weighted by Crippen LogP contribution is 2.81. The maximum atomic E-state index is 13.3. The number of carbonyl (C=O) groups is 2. The van der Waals surface area contributed by atoms with E-state index in [-0.39, 0.29) is 11.5 Å². The molecule has 1 aliphatic heterocycles. The van der Waals surface area contributed by atoms with Crippen LogP contribution in [-0.2, 0) is 14.3 Å². The predicted octanol–water partition coefficient (Wildman–Crippen LogP) is 1.88. The summed E-state index contributed by atoms with van der Waals surface area (Å²) in [6.07, 6.45) is 6.81. The molecule has 5 nitrogen and oxygen atoms in total. The van der Waals surface area contributed by atoms with Gasteiger partial charge >= 0.3 is 5.97 Å². The lowest BCUT2D eigenvalue weighted by Gasteiger charge is -2.56. The van der Waals surface area contributed by atoms with Crippen molar-refractivity contribution in [2.45, 2.75) is 57.3 Å². The molecule has 7 atom stereocenters. The summed E-state index contributed by atoms with van der Waals surface area (Å²) >= 11 is 0. The highest BCUT2D eigenvalue weighted by molar-refractivity contribution is 6.08. The first-order valence-corrected chi connectivity index (χ1v) is 9.17. The molecule has 1 heterocycles. The molecule has 4 aliphatic carbocycles. The van der Waals surface area contributed by atoms with Crippen molar-refractivity contribution < 1.29 is 24.5 Å². The van der Waals surface area contributed by atoms with E-state index < -0.39 is 45.3 Å². The van der Waals surface area contributed by atoms with E-state index in [0.717, 1.165) is 12.8 Å². The molecule has 0 aromatic heterocycles. The number of carbonyl (C=O) groups excluding carboxylic acids is 2. The van der Waals surface area contributed by atoms with Crippen LogP contribution in [0.15, 0.2) is 24.3 Å². The smallest absolute Gasteiger partial charge is 0.315 e. The fourth-order valence-corrected chi connectivity index (χ4v) is 6.69. The Hall–Kier alpha value is -1.46. The third-order valence-electron chi connectivity index (χ3n) is 8.17. The van der Waals surface area contributed by atoms with E-state index in [9.17, 15) is 19.8 Å². The number of esters is 1. The Morgan fingerprint density at radius 1 is 1.24 bits per heavy atom. The van der Waals surface area contributed by atoms with Gasteiger partial charge in [0, 0.05) is 16.4 Å². The van der Waals surface area contributed by atoms with E-state index in [0.29, 0.717) is 19.3 Å². The van der Waals surface area contributed by atoms with Gasteiger partial charge in [-0.2, -0.15) is 0 Å². The van der Waals surface area contributed by atoms with Crippen molar-refractivity contribution in [1.82, 2.24) is 0 Å². The van der Waals surface area contributed by atoms with Crippen molar-refractivity contribution in [2.75, 3.05) is 0 Å². The van der Waals surface area contributed by atoms with Crippen LogP contribution >= 0.6 is 0 Å². The number of ketones is 1. The number of hydrogen-bond donors (Lipinski definition) is 2. The molecule has 0 radical (unpaired) electrons. The van der Waals surface area contributed by atoms with Crippen LogP contribution in [0, 0.1) is 28.1 Å². The molecule has 5 heteroatoms. The van der Waals surface area contributed by atoms with Crippen LogP contribution in [0.1, 0.15) is 46.0 Å². The number of fused-ring (bicyclic) bond motifs is 1. The molecule has 0 amide bonds. The van der Waals surface area contributed by atoms with Gasteiger partial charge in [-0.05, 0) is 44.9 Å². The number of ether oxygens (including phenoxy) is 1. The van der Waals surface area contributed by atoms with E-state index in [4.69, 9.17) is 4.74 Å². The zero-order chi connectivity index (χ0) is 18.0. The molecular weight excluding hydrogens is 320 g/mol. The van der Waals surface area contributed by atoms with Crippen molar-refractivity contribution in [3.8, 4) is 0 Å². The van der Waals surface area contributed by atoms with Gasteiger partial charge in [0.05, 0.1) is 16.9 Å². The number of allylic oxidation sites excluding steroid dienone is 2. The summed E-state index contributed by atoms with van der Waals surface area (Å²) in [4.78, 5) is 25.9. The second-order valence-electron chi connectivity index (χ2n) is 9.37. The largest absolute Gasteiger partial charge is 0.424 e. The number of hydrogen-bond acceptors (Lipinski definition) is 5. The lowest BCUT2D eigenvalue weighted by atomic mass is 9.47. The molecule has 3 saturated carbocycles. The minimum atomic E-state index is -2.14. The van der Waals surface area contributed by atoms with Crippen LogP contribution in [0.3, 0.4) is 0 Å². The van der Waals surface area contributed by atoms with Gasteiger partial charge in [-0.25, -0.2) is 0 Å². The van der Waals surface area contributed by atoms with Crippen LogP contribution in [0.2, 0.25) is 0 Å². The van der Waals surface area contributed by atoms with E-state index in [1.807, 2.05) is 6.92 Å². The molecular formula is C20H24O5. The van der Waals surface area contributed by atoms with Crippen molar-refractivity contribution in [3.05, 3.63) is 24.3 Å². The Kier molecular flexibility index (Phi) is 2.48. The molecule has 134 valence electrons. The van der Waals surface area contributed by atoms with Crippen LogP contribution in [0.25, 0.3) is 0 Å². The van der Waals surface area contributed by atoms with E-state index in [2.05, 4.69) is 6.58 Å². The van der Waals surface area contributed by atoms with Crippen LogP contribution in [0.4, 0.5) is 0 Å². The van der Waals surface area contributed by atoms with Gasteiger partial charge in [-0.3, -0.25) is 9.59 Å². The maximum absolute atomic E-state index is 13.3. The normalized spacial score (nSPS) is 58.5. The summed E-state index contributed by atoms with van der Waals surface area (Å²) in [5, 5.41) is 23.0. The SMILES string of the molecule is C=C[C@]1(C)C=C2C(=O)[C@@]3(O)OC(=O)[C@@]4(C)CC[C@H]5C[C@]5([C@H]43)[C@@]2(O)CC1. The summed E-state index contributed by atoms with van der Waals surface area (Å²) < 4.78 is 5.36. The lowest BCUT2D eigenvalue weighted by molar-refractivity contribution is -0.237. The van der Waals surface area contributed by atoms with Gasteiger partial charge in [0.1, 0.15) is 0 Å². The first-order valence-electron chi connectivity index (χ1n) is 9.17. The molecule has 2 N–H and O–H groups in total. The summed E-state index contributed by atoms with van der Waals surface area (Å²) in [7, 11) is 0. The van der Waals surface area contributed by atoms with Crippen molar-refractivity contribution in [1.29, 1.82) is 0 Å². The Labute approximate surface area is 146 Å². The zero-order valence-electron chi connectivity index (χ0n) is 14.7. The lowest BCUT2D eigenvalue weighted by Crippen LogP contribution is -2.68. The Balaban J connectivity index is 1.79. The molecule has 0 aromatic rings. The minimum absolute atomic E-state index is 0.223. The molecule has 0 unspecified atom stereocenters. The summed E-state index contributed by atoms with van der Waals surface area (Å²) in [6, 6.07) is 0. The molecule has 5 aliphatic rings. The van der Waals surface area contributed by atoms with Gasteiger partial charge in [-0.1, -0.05) is 19.1 Å². The summed E-state index contributed by atoms with van der Waals surface area (Å²) in [6.45, 7) is 7.60. The van der Waals surface area contributed by atoms with Gasteiger partial charge in [0.2, 0.25) is 5.78 Å². The third kappa shape index (κ3) is 1.40. The highest BCUT2D eigenvalue weighted by atomic mass is 16.7. The van der Waals surface area contributed by atoms with Crippen LogP contribution in [-0.4, -0.2) is 33.4 Å². The summed E-state index contributed by atoms with van der Waals surface area (Å²) in [5.41, 5.74) is -3.02. The molecule has 0 bridgehead atoms. The standard InChI is InChI=1S/C20H24O5/c1-4-16(2)7-8-19(23)12(10-16)13(21)20(24)14-17(3,15(22)25-20)6-5-11-9-18(11,14)19/h4,10-11,14,23-24H,1,5-9H2,2-3H3/t11-,14-,16-,17-,18-,19+,20+/m0/s1. The monoisotopic (exact) mass is 344 g/mol. The zero-order valence-corrected chi connectivity index (χ0v) is 14.7. The first kappa shape index (κ1) is 15.8. The van der Waals surface area contributed by atoms with Gasteiger partial charge < -0.3 is 14.9 Å². The fourth-order valence-electron chi connectivity index (χ4n) is 6.69. The number of aliphatic hydroxyl groups is 2. The molecule has 0 aromatic carbocycles. The Bertz CT molecular complexity index is 785. The topological polar surface area (TPSA) is 83.8 Å². The molecule has 4 fully saturated rings. The second-order valence-corrected chi connectivity index (χ2v) is 9.37. The molecule has 1 saturated heterocycles. The van der Waals surface area contributed by atoms with E-state index in [1.165, 1.54) is 0 Å². The average Bonchev–Trinajstić information content (AvgIpc) is 3.26. The van der Waals surface area contributed by atoms with Crippen LogP contribution in [0.5, 0.6) is 0 Å². The minimum Gasteiger partial charge on any atom is -0.424 e. The predicted molar refractivity (Wildman–Crippen MR) is 88.0 cm³/mol. The van der Waals surface area contributed by atoms with E-state index >= 15 is 0 Å². The molecule has 25 heavy (non-hydrogen) atoms.